The van der Waals surface area contributed by atoms with Gasteiger partial charge in [0.2, 0.25) is 0 Å². The highest BCUT2D eigenvalue weighted by Gasteiger charge is 2.21. The summed E-state index contributed by atoms with van der Waals surface area (Å²) in [6, 6.07) is 52.1. The molecule has 51 heavy (non-hydrogen) atoms. The predicted molar refractivity (Wildman–Crippen MR) is 205 cm³/mol. The summed E-state index contributed by atoms with van der Waals surface area (Å²) in [6.45, 7) is 0. The van der Waals surface area contributed by atoms with Crippen molar-refractivity contribution in [3.8, 4) is 29.6 Å². The number of nitrogens with zero attached hydrogens (tertiary/aromatic N) is 5. The van der Waals surface area contributed by atoms with Crippen molar-refractivity contribution in [3.63, 3.8) is 0 Å². The molecule has 0 amide bonds. The first-order valence-corrected chi connectivity index (χ1v) is 16.7. The second-order valence-electron chi connectivity index (χ2n) is 12.7. The van der Waals surface area contributed by atoms with E-state index in [9.17, 15) is 15.8 Å². The number of rotatable bonds is 4. The molecule has 0 bridgehead atoms. The fourth-order valence-corrected chi connectivity index (χ4v) is 7.62. The first-order valence-electron chi connectivity index (χ1n) is 16.7. The van der Waals surface area contributed by atoms with Crippen LogP contribution in [0, 0.1) is 34.0 Å². The lowest BCUT2D eigenvalue weighted by Gasteiger charge is -2.18. The summed E-state index contributed by atoms with van der Waals surface area (Å²) in [5.41, 5.74) is 10.6. The van der Waals surface area contributed by atoms with Crippen molar-refractivity contribution in [1.29, 1.82) is 15.8 Å². The zero-order valence-electron chi connectivity index (χ0n) is 27.3. The van der Waals surface area contributed by atoms with E-state index in [-0.39, 0.29) is 5.92 Å². The van der Waals surface area contributed by atoms with Crippen LogP contribution in [0.3, 0.4) is 0 Å². The molecule has 0 saturated carbocycles. The molecule has 6 aromatic carbocycles. The molecule has 8 aromatic rings. The Kier molecular flexibility index (Phi) is 6.96. The Balaban J connectivity index is 1.24. The topological polar surface area (TPSA) is 81.2 Å². The van der Waals surface area contributed by atoms with Gasteiger partial charge in [-0.05, 0) is 77.4 Å². The van der Waals surface area contributed by atoms with Crippen LogP contribution in [0.4, 0.5) is 0 Å². The van der Waals surface area contributed by atoms with Gasteiger partial charge in [-0.1, -0.05) is 97.1 Å². The summed E-state index contributed by atoms with van der Waals surface area (Å²) in [7, 11) is 0. The summed E-state index contributed by atoms with van der Waals surface area (Å²) >= 11 is 0. The van der Waals surface area contributed by atoms with E-state index < -0.39 is 0 Å². The van der Waals surface area contributed by atoms with Crippen LogP contribution in [0.2, 0.25) is 0 Å². The third-order valence-corrected chi connectivity index (χ3v) is 9.90. The number of benzene rings is 6. The second kappa shape index (κ2) is 11.9. The number of hydrogen-bond acceptors (Lipinski definition) is 3. The van der Waals surface area contributed by atoms with Crippen molar-refractivity contribution in [3.05, 3.63) is 186 Å². The molecule has 5 heteroatoms. The molecule has 2 aromatic heterocycles. The standard InChI is InChI=1S/C46H27N5/c47-27-30-17-19-32(33-20-21-34(29-49)46(26-33)51-42-14-6-2-10-37(42)38-11-3-7-15-43(38)51)25-35(23-30)36-9-1-5-13-41(36)50-44-16-8-4-12-39(44)40-24-31(28-48)18-22-45(40)50/h1-26,35H. The Morgan fingerprint density at radius 1 is 0.471 bits per heavy atom. The van der Waals surface area contributed by atoms with Gasteiger partial charge in [0.1, 0.15) is 6.07 Å². The summed E-state index contributed by atoms with van der Waals surface area (Å²) in [5.74, 6) is -0.247. The molecule has 2 heterocycles. The molecule has 0 spiro atoms. The summed E-state index contributed by atoms with van der Waals surface area (Å²) in [6.07, 6.45) is 8.09. The molecule has 1 aliphatic carbocycles. The van der Waals surface area contributed by atoms with Crippen LogP contribution in [0.1, 0.15) is 28.2 Å². The van der Waals surface area contributed by atoms with Crippen LogP contribution in [-0.2, 0) is 0 Å². The number of nitriles is 3. The van der Waals surface area contributed by atoms with Crippen molar-refractivity contribution in [1.82, 2.24) is 9.13 Å². The number of para-hydroxylation sites is 4. The molecule has 9 rings (SSSR count). The van der Waals surface area contributed by atoms with Crippen molar-refractivity contribution < 1.29 is 0 Å². The molecule has 0 saturated heterocycles. The van der Waals surface area contributed by atoms with Gasteiger partial charge in [0.25, 0.3) is 0 Å². The van der Waals surface area contributed by atoms with E-state index in [1.165, 1.54) is 0 Å². The highest BCUT2D eigenvalue weighted by Crippen LogP contribution is 2.39. The minimum absolute atomic E-state index is 0.247. The molecular formula is C46H27N5. The number of hydrogen-bond donors (Lipinski definition) is 0. The van der Waals surface area contributed by atoms with Gasteiger partial charge < -0.3 is 9.13 Å². The molecule has 0 N–H and O–H groups in total. The third kappa shape index (κ3) is 4.75. The Labute approximate surface area is 294 Å². The molecule has 0 fully saturated rings. The van der Waals surface area contributed by atoms with E-state index in [2.05, 4.69) is 88.0 Å². The zero-order chi connectivity index (χ0) is 34.5. The van der Waals surface area contributed by atoms with Crippen LogP contribution >= 0.6 is 0 Å². The zero-order valence-corrected chi connectivity index (χ0v) is 27.3. The van der Waals surface area contributed by atoms with E-state index in [1.807, 2.05) is 97.1 Å². The van der Waals surface area contributed by atoms with Gasteiger partial charge in [-0.3, -0.25) is 0 Å². The number of fused-ring (bicyclic) bond motifs is 6. The molecular weight excluding hydrogens is 623 g/mol. The SMILES string of the molecule is N#CC1=CC(c2ccccc2-n2c3ccccc3c3cc(C#N)ccc32)C=C(c2ccc(C#N)c(-n3c4ccccc4c4ccccc43)c2)C=C1. The largest absolute Gasteiger partial charge is 0.309 e. The fourth-order valence-electron chi connectivity index (χ4n) is 7.62. The van der Waals surface area contributed by atoms with Crippen LogP contribution in [0.15, 0.2) is 163 Å². The Hall–Kier alpha value is -7.39. The molecule has 0 radical (unpaired) electrons. The smallest absolute Gasteiger partial charge is 0.101 e. The van der Waals surface area contributed by atoms with Gasteiger partial charge in [0.15, 0.2) is 0 Å². The molecule has 1 unspecified atom stereocenters. The van der Waals surface area contributed by atoms with Gasteiger partial charge >= 0.3 is 0 Å². The molecule has 1 atom stereocenters. The van der Waals surface area contributed by atoms with Crippen LogP contribution in [0.5, 0.6) is 0 Å². The molecule has 236 valence electrons. The van der Waals surface area contributed by atoms with E-state index in [1.54, 1.807) is 0 Å². The van der Waals surface area contributed by atoms with E-state index in [0.29, 0.717) is 16.7 Å². The Morgan fingerprint density at radius 3 is 1.75 bits per heavy atom. The first kappa shape index (κ1) is 29.7. The third-order valence-electron chi connectivity index (χ3n) is 9.90. The van der Waals surface area contributed by atoms with Crippen molar-refractivity contribution in [2.24, 2.45) is 0 Å². The second-order valence-corrected chi connectivity index (χ2v) is 12.7. The molecule has 0 aliphatic heterocycles. The summed E-state index contributed by atoms with van der Waals surface area (Å²) in [4.78, 5) is 0. The minimum atomic E-state index is -0.247. The molecule has 1 aliphatic rings. The van der Waals surface area contributed by atoms with Gasteiger partial charge in [-0.15, -0.1) is 0 Å². The van der Waals surface area contributed by atoms with Crippen LogP contribution in [-0.4, -0.2) is 9.13 Å². The fraction of sp³-hybridized carbons (Fsp3) is 0.0217. The predicted octanol–water partition coefficient (Wildman–Crippen LogP) is 10.8. The maximum absolute atomic E-state index is 10.3. The lowest BCUT2D eigenvalue weighted by molar-refractivity contribution is 1.03. The normalized spacial score (nSPS) is 14.2. The first-order chi connectivity index (χ1) is 25.2. The van der Waals surface area contributed by atoms with Crippen molar-refractivity contribution >= 4 is 49.2 Å². The van der Waals surface area contributed by atoms with Gasteiger partial charge in [0, 0.05) is 33.0 Å². The lowest BCUT2D eigenvalue weighted by atomic mass is 9.92. The van der Waals surface area contributed by atoms with Crippen LogP contribution < -0.4 is 0 Å². The van der Waals surface area contributed by atoms with Gasteiger partial charge in [0.05, 0.1) is 56.7 Å². The van der Waals surface area contributed by atoms with Crippen LogP contribution in [0.25, 0.3) is 60.6 Å². The van der Waals surface area contributed by atoms with E-state index in [0.717, 1.165) is 71.7 Å². The summed E-state index contributed by atoms with van der Waals surface area (Å²) < 4.78 is 4.44. The molecule has 5 nitrogen and oxygen atoms in total. The average molecular weight is 650 g/mol. The highest BCUT2D eigenvalue weighted by atomic mass is 15.0. The lowest BCUT2D eigenvalue weighted by Crippen LogP contribution is -2.03. The quantitative estimate of drug-likeness (QED) is 0.190. The van der Waals surface area contributed by atoms with Gasteiger partial charge in [-0.2, -0.15) is 15.8 Å². The van der Waals surface area contributed by atoms with Crippen molar-refractivity contribution in [2.75, 3.05) is 0 Å². The average Bonchev–Trinajstić information content (AvgIpc) is 3.60. The minimum Gasteiger partial charge on any atom is -0.309 e. The number of aromatic nitrogens is 2. The van der Waals surface area contributed by atoms with E-state index in [4.69, 9.17) is 0 Å². The highest BCUT2D eigenvalue weighted by molar-refractivity contribution is 6.10. The Morgan fingerprint density at radius 2 is 1.08 bits per heavy atom. The monoisotopic (exact) mass is 649 g/mol. The summed E-state index contributed by atoms with van der Waals surface area (Å²) in [5, 5.41) is 34.5. The van der Waals surface area contributed by atoms with Crippen molar-refractivity contribution in [2.45, 2.75) is 5.92 Å². The Bertz CT molecular complexity index is 2910. The number of allylic oxidation sites excluding steroid dienone is 6. The maximum atomic E-state index is 10.3. The van der Waals surface area contributed by atoms with E-state index >= 15 is 0 Å². The van der Waals surface area contributed by atoms with Gasteiger partial charge in [-0.25, -0.2) is 0 Å². The maximum Gasteiger partial charge on any atom is 0.101 e.